The number of carbonyl (C=O) groups excluding carboxylic acids is 1. The van der Waals surface area contributed by atoms with E-state index in [1.165, 1.54) is 0 Å². The van der Waals surface area contributed by atoms with Gasteiger partial charge in [0.05, 0.1) is 12.0 Å². The van der Waals surface area contributed by atoms with Gasteiger partial charge in [0.1, 0.15) is 5.82 Å². The molecule has 0 bridgehead atoms. The summed E-state index contributed by atoms with van der Waals surface area (Å²) in [5.41, 5.74) is -2.17. The average molecular weight is 398 g/mol. The molecule has 1 aromatic carbocycles. The first-order valence-electron chi connectivity index (χ1n) is 6.43. The third-order valence-corrected chi connectivity index (χ3v) is 6.45. The molecular formula is C13H14BrF2NO4S. The molecule has 1 fully saturated rings. The van der Waals surface area contributed by atoms with Gasteiger partial charge in [0.15, 0.2) is 0 Å². The van der Waals surface area contributed by atoms with Crippen LogP contribution >= 0.6 is 15.9 Å². The molecule has 0 amide bonds. The Morgan fingerprint density at radius 2 is 1.95 bits per heavy atom. The van der Waals surface area contributed by atoms with Crippen LogP contribution in [0.4, 0.5) is 8.78 Å². The van der Waals surface area contributed by atoms with Gasteiger partial charge in [-0.05, 0) is 34.1 Å². The number of piperidine rings is 1. The third-order valence-electron chi connectivity index (χ3n) is 3.58. The zero-order chi connectivity index (χ0) is 16.5. The maximum Gasteiger partial charge on any atom is 0.343 e. The van der Waals surface area contributed by atoms with Gasteiger partial charge in [-0.25, -0.2) is 22.0 Å². The van der Waals surface area contributed by atoms with Crippen molar-refractivity contribution >= 4 is 31.9 Å². The molecular weight excluding hydrogens is 384 g/mol. The normalized spacial score (nSPS) is 18.9. The monoisotopic (exact) mass is 397 g/mol. The molecule has 0 aromatic heterocycles. The Morgan fingerprint density at radius 1 is 1.36 bits per heavy atom. The van der Waals surface area contributed by atoms with Gasteiger partial charge in [-0.1, -0.05) is 0 Å². The summed E-state index contributed by atoms with van der Waals surface area (Å²) < 4.78 is 58.0. The number of methoxy groups -OCH3 is 1. The van der Waals surface area contributed by atoms with E-state index in [0.29, 0.717) is 0 Å². The Kier molecular flexibility index (Phi) is 4.88. The van der Waals surface area contributed by atoms with E-state index >= 15 is 0 Å². The first kappa shape index (κ1) is 17.3. The van der Waals surface area contributed by atoms with Crippen LogP contribution in [0.1, 0.15) is 12.8 Å². The van der Waals surface area contributed by atoms with Crippen molar-refractivity contribution in [2.75, 3.05) is 20.2 Å². The number of halogens is 3. The quantitative estimate of drug-likeness (QED) is 0.733. The molecule has 0 aliphatic carbocycles. The molecule has 0 radical (unpaired) electrons. The number of hydrogen-bond donors (Lipinski definition) is 0. The van der Waals surface area contributed by atoms with Crippen molar-refractivity contribution in [2.24, 2.45) is 0 Å². The predicted molar refractivity (Wildman–Crippen MR) is 77.9 cm³/mol. The van der Waals surface area contributed by atoms with E-state index in [2.05, 4.69) is 20.7 Å². The second kappa shape index (κ2) is 6.21. The zero-order valence-electron chi connectivity index (χ0n) is 11.7. The van der Waals surface area contributed by atoms with Crippen LogP contribution in [-0.4, -0.2) is 44.6 Å². The van der Waals surface area contributed by atoms with Crippen LogP contribution in [0, 0.1) is 5.82 Å². The molecule has 1 aliphatic heterocycles. The van der Waals surface area contributed by atoms with Crippen molar-refractivity contribution in [3.05, 3.63) is 28.5 Å². The van der Waals surface area contributed by atoms with E-state index in [1.807, 2.05) is 0 Å². The van der Waals surface area contributed by atoms with Crippen LogP contribution in [0.25, 0.3) is 0 Å². The molecule has 2 rings (SSSR count). The standard InChI is InChI=1S/C13H14BrF2NO4S/c1-21-12(18)13(16)4-6-17(7-5-13)22(19,20)11-3-2-9(15)8-10(11)14/h2-3,8H,4-7H2,1H3. The summed E-state index contributed by atoms with van der Waals surface area (Å²) in [5.74, 6) is -1.56. The van der Waals surface area contributed by atoms with Crippen LogP contribution in [-0.2, 0) is 19.6 Å². The molecule has 122 valence electrons. The summed E-state index contributed by atoms with van der Waals surface area (Å²) in [6.45, 7) is -0.310. The molecule has 1 aromatic rings. The number of ether oxygens (including phenoxy) is 1. The topological polar surface area (TPSA) is 63.7 Å². The lowest BCUT2D eigenvalue weighted by Crippen LogP contribution is -2.48. The van der Waals surface area contributed by atoms with Crippen molar-refractivity contribution in [2.45, 2.75) is 23.4 Å². The second-order valence-electron chi connectivity index (χ2n) is 4.94. The minimum Gasteiger partial charge on any atom is -0.467 e. The molecule has 9 heteroatoms. The van der Waals surface area contributed by atoms with Crippen LogP contribution < -0.4 is 0 Å². The van der Waals surface area contributed by atoms with Gasteiger partial charge in [0, 0.05) is 30.4 Å². The van der Waals surface area contributed by atoms with Crippen LogP contribution in [0.2, 0.25) is 0 Å². The smallest absolute Gasteiger partial charge is 0.343 e. The minimum absolute atomic E-state index is 0.0950. The lowest BCUT2D eigenvalue weighted by Gasteiger charge is -2.33. The van der Waals surface area contributed by atoms with E-state index < -0.39 is 27.5 Å². The molecule has 0 saturated carbocycles. The van der Waals surface area contributed by atoms with Crippen LogP contribution in [0.15, 0.2) is 27.6 Å². The fraction of sp³-hybridized carbons (Fsp3) is 0.462. The Hall–Kier alpha value is -1.06. The molecule has 0 N–H and O–H groups in total. The van der Waals surface area contributed by atoms with Gasteiger partial charge in [-0.2, -0.15) is 4.31 Å². The van der Waals surface area contributed by atoms with Gasteiger partial charge < -0.3 is 4.74 Å². The van der Waals surface area contributed by atoms with Gasteiger partial charge in [0.25, 0.3) is 0 Å². The first-order valence-corrected chi connectivity index (χ1v) is 8.66. The fourth-order valence-corrected chi connectivity index (χ4v) is 4.74. The summed E-state index contributed by atoms with van der Waals surface area (Å²) in [6.07, 6.45) is -0.560. The molecule has 1 aliphatic rings. The van der Waals surface area contributed by atoms with Crippen molar-refractivity contribution in [3.8, 4) is 0 Å². The Bertz CT molecular complexity index is 687. The highest BCUT2D eigenvalue weighted by atomic mass is 79.9. The Balaban J connectivity index is 2.21. The van der Waals surface area contributed by atoms with E-state index in [-0.39, 0.29) is 35.3 Å². The fourth-order valence-electron chi connectivity index (χ4n) is 2.29. The van der Waals surface area contributed by atoms with E-state index in [9.17, 15) is 22.0 Å². The molecule has 0 atom stereocenters. The van der Waals surface area contributed by atoms with E-state index in [1.54, 1.807) is 0 Å². The average Bonchev–Trinajstić information content (AvgIpc) is 2.46. The molecule has 1 saturated heterocycles. The van der Waals surface area contributed by atoms with Crippen molar-refractivity contribution in [1.29, 1.82) is 0 Å². The summed E-state index contributed by atoms with van der Waals surface area (Å²) in [5, 5.41) is 0. The summed E-state index contributed by atoms with van der Waals surface area (Å²) >= 11 is 3.01. The van der Waals surface area contributed by atoms with E-state index in [4.69, 9.17) is 0 Å². The number of alkyl halides is 1. The first-order chi connectivity index (χ1) is 10.2. The maximum atomic E-state index is 14.3. The minimum atomic E-state index is -3.89. The summed E-state index contributed by atoms with van der Waals surface area (Å²) in [6, 6.07) is 3.23. The SMILES string of the molecule is COC(=O)C1(F)CCN(S(=O)(=O)c2ccc(F)cc2Br)CC1. The lowest BCUT2D eigenvalue weighted by molar-refractivity contribution is -0.157. The van der Waals surface area contributed by atoms with Crippen LogP contribution in [0.5, 0.6) is 0 Å². The highest BCUT2D eigenvalue weighted by molar-refractivity contribution is 9.10. The maximum absolute atomic E-state index is 14.3. The molecule has 0 spiro atoms. The number of hydrogen-bond acceptors (Lipinski definition) is 4. The number of nitrogens with zero attached hydrogens (tertiary/aromatic N) is 1. The highest BCUT2D eigenvalue weighted by Gasteiger charge is 2.45. The van der Waals surface area contributed by atoms with Gasteiger partial charge in [-0.15, -0.1) is 0 Å². The zero-order valence-corrected chi connectivity index (χ0v) is 14.1. The lowest BCUT2D eigenvalue weighted by atomic mass is 9.95. The van der Waals surface area contributed by atoms with Crippen molar-refractivity contribution in [1.82, 2.24) is 4.31 Å². The highest BCUT2D eigenvalue weighted by Crippen LogP contribution is 2.32. The number of sulfonamides is 1. The van der Waals surface area contributed by atoms with E-state index in [0.717, 1.165) is 29.6 Å². The van der Waals surface area contributed by atoms with Gasteiger partial charge in [-0.3, -0.25) is 0 Å². The largest absolute Gasteiger partial charge is 0.467 e. The second-order valence-corrected chi connectivity index (χ2v) is 7.70. The molecule has 5 nitrogen and oxygen atoms in total. The molecule has 1 heterocycles. The number of esters is 1. The van der Waals surface area contributed by atoms with Crippen LogP contribution in [0.3, 0.4) is 0 Å². The molecule has 0 unspecified atom stereocenters. The summed E-state index contributed by atoms with van der Waals surface area (Å²) in [7, 11) is -2.81. The molecule has 22 heavy (non-hydrogen) atoms. The summed E-state index contributed by atoms with van der Waals surface area (Å²) in [4.78, 5) is 11.3. The Labute approximate surface area is 135 Å². The van der Waals surface area contributed by atoms with Gasteiger partial charge >= 0.3 is 5.97 Å². The number of benzene rings is 1. The van der Waals surface area contributed by atoms with Crippen molar-refractivity contribution in [3.63, 3.8) is 0 Å². The number of rotatable bonds is 3. The van der Waals surface area contributed by atoms with Gasteiger partial charge in [0.2, 0.25) is 15.7 Å². The number of carbonyl (C=O) groups is 1. The Morgan fingerprint density at radius 3 is 2.45 bits per heavy atom. The predicted octanol–water partition coefficient (Wildman–Crippen LogP) is 2.25. The third kappa shape index (κ3) is 3.16. The van der Waals surface area contributed by atoms with Crippen molar-refractivity contribution < 1.29 is 26.7 Å².